The number of alkyl halides is 2. The minimum absolute atomic E-state index is 0. The number of sulfonamides is 1. The normalized spacial score (nSPS) is 11.9. The van der Waals surface area contributed by atoms with E-state index in [0.29, 0.717) is 13.1 Å². The maximum absolute atomic E-state index is 13.0. The molecule has 1 aromatic rings. The standard InChI is InChI=1S/C14H21F2N3O3S.ClH/c1-3-19(4-2)23(21,22)12-7-5-11(6-8-12)13(20)18-10-14(15,16)9-17;/h5-8H,3-4,9-10,17H2,1-2H3,(H,18,20);1H. The van der Waals surface area contributed by atoms with Crippen LogP contribution in [0.5, 0.6) is 0 Å². The second-order valence-electron chi connectivity index (χ2n) is 4.86. The molecule has 0 aliphatic heterocycles. The van der Waals surface area contributed by atoms with Crippen LogP contribution in [0, 0.1) is 0 Å². The van der Waals surface area contributed by atoms with E-state index in [9.17, 15) is 22.0 Å². The molecule has 0 radical (unpaired) electrons. The Kier molecular flexibility index (Phi) is 8.76. The van der Waals surface area contributed by atoms with Crippen molar-refractivity contribution in [3.05, 3.63) is 29.8 Å². The van der Waals surface area contributed by atoms with Crippen molar-refractivity contribution in [1.29, 1.82) is 0 Å². The topological polar surface area (TPSA) is 92.5 Å². The number of nitrogens with zero attached hydrogens (tertiary/aromatic N) is 1. The van der Waals surface area contributed by atoms with Gasteiger partial charge in [0.05, 0.1) is 18.0 Å². The summed E-state index contributed by atoms with van der Waals surface area (Å²) in [6.07, 6.45) is 0. The molecule has 138 valence electrons. The molecule has 1 amide bonds. The Morgan fingerprint density at radius 3 is 2.12 bits per heavy atom. The molecule has 6 nitrogen and oxygen atoms in total. The fourth-order valence-electron chi connectivity index (χ4n) is 1.87. The van der Waals surface area contributed by atoms with Crippen LogP contribution in [-0.4, -0.2) is 50.7 Å². The minimum Gasteiger partial charge on any atom is -0.346 e. The zero-order valence-electron chi connectivity index (χ0n) is 13.5. The molecule has 0 saturated carbocycles. The Labute approximate surface area is 146 Å². The molecule has 10 heteroatoms. The van der Waals surface area contributed by atoms with Crippen LogP contribution >= 0.6 is 12.4 Å². The first kappa shape index (κ1) is 22.7. The molecule has 0 heterocycles. The number of nitrogens with two attached hydrogens (primary N) is 1. The highest BCUT2D eigenvalue weighted by atomic mass is 35.5. The summed E-state index contributed by atoms with van der Waals surface area (Å²) in [5, 5.41) is 2.06. The summed E-state index contributed by atoms with van der Waals surface area (Å²) in [6, 6.07) is 5.13. The van der Waals surface area contributed by atoms with E-state index in [1.54, 1.807) is 13.8 Å². The van der Waals surface area contributed by atoms with E-state index in [0.717, 1.165) is 0 Å². The third kappa shape index (κ3) is 5.66. The first-order chi connectivity index (χ1) is 10.7. The van der Waals surface area contributed by atoms with Crippen molar-refractivity contribution < 1.29 is 22.0 Å². The molecular formula is C14H22ClF2N3O3S. The maximum atomic E-state index is 13.0. The number of nitrogens with one attached hydrogen (secondary N) is 1. The number of carbonyl (C=O) groups is 1. The smallest absolute Gasteiger partial charge is 0.277 e. The van der Waals surface area contributed by atoms with Crippen LogP contribution in [0.15, 0.2) is 29.2 Å². The van der Waals surface area contributed by atoms with E-state index < -0.39 is 34.9 Å². The van der Waals surface area contributed by atoms with Crippen molar-refractivity contribution in [3.8, 4) is 0 Å². The fourth-order valence-corrected chi connectivity index (χ4v) is 3.33. The SMILES string of the molecule is CCN(CC)S(=O)(=O)c1ccc(C(=O)NCC(F)(F)CN)cc1.Cl. The Morgan fingerprint density at radius 1 is 1.21 bits per heavy atom. The van der Waals surface area contributed by atoms with Gasteiger partial charge in [0, 0.05) is 18.7 Å². The van der Waals surface area contributed by atoms with Gasteiger partial charge in [0.15, 0.2) is 0 Å². The lowest BCUT2D eigenvalue weighted by Gasteiger charge is -2.18. The third-order valence-corrected chi connectivity index (χ3v) is 5.33. The Hall–Kier alpha value is -1.29. The molecule has 0 unspecified atom stereocenters. The van der Waals surface area contributed by atoms with E-state index in [4.69, 9.17) is 5.73 Å². The number of hydrogen-bond acceptors (Lipinski definition) is 4. The highest BCUT2D eigenvalue weighted by Crippen LogP contribution is 2.16. The zero-order chi connectivity index (χ0) is 17.7. The average molecular weight is 386 g/mol. The molecule has 3 N–H and O–H groups in total. The van der Waals surface area contributed by atoms with E-state index in [2.05, 4.69) is 5.32 Å². The Morgan fingerprint density at radius 2 is 1.71 bits per heavy atom. The van der Waals surface area contributed by atoms with Crippen LogP contribution in [0.25, 0.3) is 0 Å². The van der Waals surface area contributed by atoms with Crippen molar-refractivity contribution in [3.63, 3.8) is 0 Å². The fraction of sp³-hybridized carbons (Fsp3) is 0.500. The quantitative estimate of drug-likeness (QED) is 0.708. The van der Waals surface area contributed by atoms with Crippen LogP contribution in [0.3, 0.4) is 0 Å². The molecule has 0 saturated heterocycles. The van der Waals surface area contributed by atoms with Gasteiger partial charge in [-0.15, -0.1) is 12.4 Å². The predicted molar refractivity (Wildman–Crippen MR) is 90.1 cm³/mol. The van der Waals surface area contributed by atoms with E-state index in [1.807, 2.05) is 0 Å². The summed E-state index contributed by atoms with van der Waals surface area (Å²) in [5.41, 5.74) is 4.97. The highest BCUT2D eigenvalue weighted by molar-refractivity contribution is 7.89. The number of rotatable bonds is 8. The van der Waals surface area contributed by atoms with Gasteiger partial charge in [0.1, 0.15) is 0 Å². The molecule has 0 spiro atoms. The van der Waals surface area contributed by atoms with Crippen molar-refractivity contribution >= 4 is 28.3 Å². The maximum Gasteiger partial charge on any atom is 0.277 e. The Balaban J connectivity index is 0.00000529. The number of hydrogen-bond donors (Lipinski definition) is 2. The van der Waals surface area contributed by atoms with Crippen molar-refractivity contribution in [1.82, 2.24) is 9.62 Å². The van der Waals surface area contributed by atoms with E-state index >= 15 is 0 Å². The zero-order valence-corrected chi connectivity index (χ0v) is 15.1. The van der Waals surface area contributed by atoms with Gasteiger partial charge in [0.2, 0.25) is 10.0 Å². The summed E-state index contributed by atoms with van der Waals surface area (Å²) in [4.78, 5) is 11.8. The molecule has 0 aliphatic rings. The van der Waals surface area contributed by atoms with Crippen molar-refractivity contribution in [2.75, 3.05) is 26.2 Å². The first-order valence-corrected chi connectivity index (χ1v) is 8.58. The number of halogens is 3. The summed E-state index contributed by atoms with van der Waals surface area (Å²) in [6.45, 7) is 2.36. The van der Waals surface area contributed by atoms with E-state index in [1.165, 1.54) is 28.6 Å². The van der Waals surface area contributed by atoms with Crippen LogP contribution in [0.1, 0.15) is 24.2 Å². The van der Waals surface area contributed by atoms with Gasteiger partial charge in [-0.25, -0.2) is 17.2 Å². The third-order valence-electron chi connectivity index (χ3n) is 3.27. The number of amides is 1. The lowest BCUT2D eigenvalue weighted by atomic mass is 10.2. The van der Waals surface area contributed by atoms with Gasteiger partial charge < -0.3 is 11.1 Å². The monoisotopic (exact) mass is 385 g/mol. The van der Waals surface area contributed by atoms with Crippen LogP contribution in [-0.2, 0) is 10.0 Å². The number of benzene rings is 1. The van der Waals surface area contributed by atoms with Crippen molar-refractivity contribution in [2.45, 2.75) is 24.7 Å². The summed E-state index contributed by atoms with van der Waals surface area (Å²) >= 11 is 0. The van der Waals surface area contributed by atoms with Gasteiger partial charge >= 0.3 is 0 Å². The second kappa shape index (κ2) is 9.26. The van der Waals surface area contributed by atoms with Crippen LogP contribution < -0.4 is 11.1 Å². The summed E-state index contributed by atoms with van der Waals surface area (Å²) in [5.74, 6) is -3.90. The summed E-state index contributed by atoms with van der Waals surface area (Å²) < 4.78 is 51.8. The number of carbonyl (C=O) groups excluding carboxylic acids is 1. The molecule has 0 fully saturated rings. The highest BCUT2D eigenvalue weighted by Gasteiger charge is 2.27. The van der Waals surface area contributed by atoms with Gasteiger partial charge in [0.25, 0.3) is 11.8 Å². The minimum atomic E-state index is -3.62. The molecule has 24 heavy (non-hydrogen) atoms. The molecule has 1 aromatic carbocycles. The van der Waals surface area contributed by atoms with Crippen LogP contribution in [0.4, 0.5) is 8.78 Å². The molecule has 0 aromatic heterocycles. The van der Waals surface area contributed by atoms with Gasteiger partial charge in [-0.3, -0.25) is 4.79 Å². The first-order valence-electron chi connectivity index (χ1n) is 7.14. The lowest BCUT2D eigenvalue weighted by molar-refractivity contribution is 0.0118. The van der Waals surface area contributed by atoms with Crippen LogP contribution in [0.2, 0.25) is 0 Å². The van der Waals surface area contributed by atoms with Gasteiger partial charge in [-0.2, -0.15) is 4.31 Å². The molecule has 0 atom stereocenters. The molecular weight excluding hydrogens is 364 g/mol. The van der Waals surface area contributed by atoms with E-state index in [-0.39, 0.29) is 22.9 Å². The second-order valence-corrected chi connectivity index (χ2v) is 6.79. The van der Waals surface area contributed by atoms with Crippen molar-refractivity contribution in [2.24, 2.45) is 5.73 Å². The lowest BCUT2D eigenvalue weighted by Crippen LogP contribution is -2.41. The summed E-state index contributed by atoms with van der Waals surface area (Å²) in [7, 11) is -3.62. The Bertz CT molecular complexity index is 635. The molecule has 1 rings (SSSR count). The largest absolute Gasteiger partial charge is 0.346 e. The molecule has 0 aliphatic carbocycles. The van der Waals surface area contributed by atoms with Gasteiger partial charge in [-0.1, -0.05) is 13.8 Å². The predicted octanol–water partition coefficient (Wildman–Crippen LogP) is 1.46. The van der Waals surface area contributed by atoms with Gasteiger partial charge in [-0.05, 0) is 24.3 Å². The molecule has 0 bridgehead atoms. The average Bonchev–Trinajstić information content (AvgIpc) is 2.53.